The van der Waals surface area contributed by atoms with Gasteiger partial charge in [-0.3, -0.25) is 19.7 Å². The molecule has 0 aromatic heterocycles. The molecule has 0 saturated carbocycles. The molecule has 0 aliphatic carbocycles. The molecule has 148 valence electrons. The van der Waals surface area contributed by atoms with Crippen molar-refractivity contribution < 1.29 is 0 Å². The summed E-state index contributed by atoms with van der Waals surface area (Å²) in [6.45, 7) is 18.3. The molecule has 3 fully saturated rings. The summed E-state index contributed by atoms with van der Waals surface area (Å²) in [6.07, 6.45) is 1.14. The Labute approximate surface area is 171 Å². The van der Waals surface area contributed by atoms with Crippen molar-refractivity contribution in [2.24, 2.45) is 4.99 Å². The lowest BCUT2D eigenvalue weighted by Gasteiger charge is -2.47. The molecule has 3 aliphatic rings. The fraction of sp³-hybridized carbons (Fsp3) is 0.944. The molecule has 3 heterocycles. The first-order valence-corrected chi connectivity index (χ1v) is 9.68. The lowest BCUT2D eigenvalue weighted by molar-refractivity contribution is 0.0154. The van der Waals surface area contributed by atoms with Crippen LogP contribution >= 0.6 is 24.0 Å². The van der Waals surface area contributed by atoms with E-state index < -0.39 is 0 Å². The molecular formula is C18H39IN6. The molecule has 2 N–H and O–H groups in total. The minimum Gasteiger partial charge on any atom is -0.356 e. The van der Waals surface area contributed by atoms with Gasteiger partial charge in [-0.05, 0) is 34.1 Å². The number of hydrogen-bond acceptors (Lipinski definition) is 4. The highest BCUT2D eigenvalue weighted by molar-refractivity contribution is 14.0. The zero-order valence-corrected chi connectivity index (χ0v) is 19.1. The zero-order valence-electron chi connectivity index (χ0n) is 16.8. The lowest BCUT2D eigenvalue weighted by atomic mass is 10.1. The zero-order chi connectivity index (χ0) is 17.5. The molecule has 0 spiro atoms. The molecule has 2 bridgehead atoms. The van der Waals surface area contributed by atoms with E-state index in [4.69, 9.17) is 0 Å². The number of rotatable bonds is 8. The average molecular weight is 466 g/mol. The van der Waals surface area contributed by atoms with Crippen molar-refractivity contribution >= 4 is 29.9 Å². The number of fused-ring (bicyclic) bond motifs is 3. The summed E-state index contributed by atoms with van der Waals surface area (Å²) in [5.74, 6) is 0.938. The maximum absolute atomic E-state index is 4.37. The van der Waals surface area contributed by atoms with Gasteiger partial charge in [-0.2, -0.15) is 0 Å². The fourth-order valence-corrected chi connectivity index (χ4v) is 3.93. The first kappa shape index (κ1) is 22.9. The number of nitrogens with one attached hydrogen (secondary N) is 2. The normalized spacial score (nSPS) is 26.2. The third kappa shape index (κ3) is 7.19. The first-order chi connectivity index (χ1) is 11.5. The van der Waals surface area contributed by atoms with Gasteiger partial charge in [-0.1, -0.05) is 0 Å². The van der Waals surface area contributed by atoms with Gasteiger partial charge in [0.2, 0.25) is 0 Å². The highest BCUT2D eigenvalue weighted by Crippen LogP contribution is 2.14. The van der Waals surface area contributed by atoms with Gasteiger partial charge in [0.15, 0.2) is 5.96 Å². The lowest BCUT2D eigenvalue weighted by Crippen LogP contribution is -2.63. The van der Waals surface area contributed by atoms with E-state index in [2.05, 4.69) is 58.0 Å². The van der Waals surface area contributed by atoms with E-state index in [1.807, 2.05) is 7.05 Å². The van der Waals surface area contributed by atoms with Gasteiger partial charge in [0.1, 0.15) is 0 Å². The van der Waals surface area contributed by atoms with Gasteiger partial charge < -0.3 is 10.6 Å². The maximum Gasteiger partial charge on any atom is 0.191 e. The summed E-state index contributed by atoms with van der Waals surface area (Å²) < 4.78 is 0. The van der Waals surface area contributed by atoms with Crippen LogP contribution in [0.4, 0.5) is 0 Å². The van der Waals surface area contributed by atoms with E-state index in [1.165, 1.54) is 32.7 Å². The molecule has 0 radical (unpaired) electrons. The van der Waals surface area contributed by atoms with Crippen LogP contribution in [0.5, 0.6) is 0 Å². The van der Waals surface area contributed by atoms with Gasteiger partial charge >= 0.3 is 0 Å². The van der Waals surface area contributed by atoms with Gasteiger partial charge in [0.05, 0.1) is 0 Å². The molecule has 1 unspecified atom stereocenters. The van der Waals surface area contributed by atoms with Crippen LogP contribution in [0.1, 0.15) is 34.1 Å². The van der Waals surface area contributed by atoms with Gasteiger partial charge in [0.25, 0.3) is 0 Å². The Morgan fingerprint density at radius 3 is 2.20 bits per heavy atom. The van der Waals surface area contributed by atoms with Gasteiger partial charge in [-0.15, -0.1) is 24.0 Å². The van der Waals surface area contributed by atoms with Crippen molar-refractivity contribution in [2.75, 3.05) is 59.4 Å². The number of aliphatic imine (C=N–C) groups is 1. The maximum atomic E-state index is 4.37. The predicted molar refractivity (Wildman–Crippen MR) is 118 cm³/mol. The SMILES string of the molecule is CN=C(NCCCN(C(C)C)C(C)C)NCC1CN2CCN1CC2.I. The Balaban J connectivity index is 0.00000312. The van der Waals surface area contributed by atoms with Crippen molar-refractivity contribution in [2.45, 2.75) is 52.2 Å². The van der Waals surface area contributed by atoms with E-state index in [-0.39, 0.29) is 24.0 Å². The van der Waals surface area contributed by atoms with Crippen LogP contribution in [0.25, 0.3) is 0 Å². The first-order valence-electron chi connectivity index (χ1n) is 9.68. The number of halogens is 1. The summed E-state index contributed by atoms with van der Waals surface area (Å²) >= 11 is 0. The molecule has 1 atom stereocenters. The van der Waals surface area contributed by atoms with Crippen LogP contribution in [0, 0.1) is 0 Å². The van der Waals surface area contributed by atoms with E-state index in [1.54, 1.807) is 0 Å². The summed E-state index contributed by atoms with van der Waals surface area (Å²) in [5, 5.41) is 6.98. The quantitative estimate of drug-likeness (QED) is 0.244. The van der Waals surface area contributed by atoms with E-state index in [0.29, 0.717) is 18.1 Å². The Kier molecular flexibility index (Phi) is 10.6. The van der Waals surface area contributed by atoms with Gasteiger partial charge in [0, 0.05) is 77.5 Å². The molecule has 3 rings (SSSR count). The average Bonchev–Trinajstić information content (AvgIpc) is 2.57. The second-order valence-electron chi connectivity index (χ2n) is 7.65. The summed E-state index contributed by atoms with van der Waals surface area (Å²) in [6, 6.07) is 1.84. The largest absolute Gasteiger partial charge is 0.356 e. The Morgan fingerprint density at radius 2 is 1.72 bits per heavy atom. The summed E-state index contributed by atoms with van der Waals surface area (Å²) in [5.41, 5.74) is 0. The van der Waals surface area contributed by atoms with Crippen molar-refractivity contribution in [1.29, 1.82) is 0 Å². The third-order valence-electron chi connectivity index (χ3n) is 5.33. The number of piperazine rings is 3. The van der Waals surface area contributed by atoms with Crippen molar-refractivity contribution in [1.82, 2.24) is 25.3 Å². The Hall–Kier alpha value is -0.120. The molecule has 3 saturated heterocycles. The van der Waals surface area contributed by atoms with Crippen LogP contribution in [0.3, 0.4) is 0 Å². The molecule has 0 amide bonds. The summed E-state index contributed by atoms with van der Waals surface area (Å²) in [7, 11) is 1.86. The summed E-state index contributed by atoms with van der Waals surface area (Å²) in [4.78, 5) is 12.1. The Morgan fingerprint density at radius 1 is 1.08 bits per heavy atom. The Bertz CT molecular complexity index is 385. The smallest absolute Gasteiger partial charge is 0.191 e. The van der Waals surface area contributed by atoms with Crippen molar-refractivity contribution in [3.63, 3.8) is 0 Å². The van der Waals surface area contributed by atoms with Crippen LogP contribution in [-0.4, -0.2) is 98.2 Å². The highest BCUT2D eigenvalue weighted by Gasteiger charge is 2.31. The molecule has 25 heavy (non-hydrogen) atoms. The number of hydrogen-bond donors (Lipinski definition) is 2. The molecule has 0 aromatic rings. The monoisotopic (exact) mass is 466 g/mol. The highest BCUT2D eigenvalue weighted by atomic mass is 127. The second-order valence-corrected chi connectivity index (χ2v) is 7.65. The van der Waals surface area contributed by atoms with Crippen LogP contribution < -0.4 is 10.6 Å². The number of nitrogens with zero attached hydrogens (tertiary/aromatic N) is 4. The van der Waals surface area contributed by atoms with Crippen molar-refractivity contribution in [3.8, 4) is 0 Å². The minimum absolute atomic E-state index is 0. The molecule has 6 nitrogen and oxygen atoms in total. The number of guanidine groups is 1. The molecule has 7 heteroatoms. The standard InChI is InChI=1S/C18H38N6.HI/c1-15(2)24(16(3)4)8-6-7-20-18(19-5)21-13-17-14-22-9-11-23(17)12-10-22;/h15-17H,6-14H2,1-5H3,(H2,19,20,21);1H. The van der Waals surface area contributed by atoms with Gasteiger partial charge in [-0.25, -0.2) is 0 Å². The molecule has 3 aliphatic heterocycles. The molecular weight excluding hydrogens is 427 g/mol. The molecule has 0 aromatic carbocycles. The second kappa shape index (κ2) is 11.6. The van der Waals surface area contributed by atoms with Crippen molar-refractivity contribution in [3.05, 3.63) is 0 Å². The van der Waals surface area contributed by atoms with E-state index in [9.17, 15) is 0 Å². The minimum atomic E-state index is 0. The van der Waals surface area contributed by atoms with E-state index in [0.717, 1.165) is 32.0 Å². The predicted octanol–water partition coefficient (Wildman–Crippen LogP) is 1.28. The van der Waals surface area contributed by atoms with E-state index >= 15 is 0 Å². The third-order valence-corrected chi connectivity index (χ3v) is 5.33. The van der Waals surface area contributed by atoms with Crippen LogP contribution in [0.2, 0.25) is 0 Å². The van der Waals surface area contributed by atoms with Crippen LogP contribution in [0.15, 0.2) is 4.99 Å². The van der Waals surface area contributed by atoms with Crippen LogP contribution in [-0.2, 0) is 0 Å². The fourth-order valence-electron chi connectivity index (χ4n) is 3.93. The topological polar surface area (TPSA) is 46.1 Å².